The standard InChI is InChI=1S/C10H13BrN2S/c1-8(5-12-2)7-14-10-4-3-9(11)6-13-10/h3-4,6,12H,1,5,7H2,2H3. The predicted octanol–water partition coefficient (Wildman–Crippen LogP) is 2.71. The Morgan fingerprint density at radius 3 is 3.00 bits per heavy atom. The molecule has 0 spiro atoms. The van der Waals surface area contributed by atoms with Crippen molar-refractivity contribution in [2.45, 2.75) is 5.03 Å². The molecule has 0 radical (unpaired) electrons. The van der Waals surface area contributed by atoms with Crippen molar-refractivity contribution in [2.75, 3.05) is 19.3 Å². The number of halogens is 1. The first-order chi connectivity index (χ1) is 6.72. The van der Waals surface area contributed by atoms with Crippen molar-refractivity contribution in [1.29, 1.82) is 0 Å². The Kier molecular flexibility index (Phi) is 5.22. The first-order valence-corrected chi connectivity index (χ1v) is 6.06. The minimum atomic E-state index is 0.865. The molecule has 14 heavy (non-hydrogen) atoms. The molecule has 4 heteroatoms. The largest absolute Gasteiger partial charge is 0.316 e. The minimum absolute atomic E-state index is 0.865. The van der Waals surface area contributed by atoms with Crippen LogP contribution in [0.5, 0.6) is 0 Å². The second-order valence-electron chi connectivity index (χ2n) is 2.88. The van der Waals surface area contributed by atoms with E-state index < -0.39 is 0 Å². The summed E-state index contributed by atoms with van der Waals surface area (Å²) in [5.74, 6) is 0.912. The summed E-state index contributed by atoms with van der Waals surface area (Å²) in [6, 6.07) is 4.00. The fourth-order valence-electron chi connectivity index (χ4n) is 0.925. The first kappa shape index (κ1) is 11.8. The molecular weight excluding hydrogens is 260 g/mol. The van der Waals surface area contributed by atoms with Gasteiger partial charge in [0.2, 0.25) is 0 Å². The second kappa shape index (κ2) is 6.22. The summed E-state index contributed by atoms with van der Waals surface area (Å²) < 4.78 is 1.01. The third kappa shape index (κ3) is 4.26. The van der Waals surface area contributed by atoms with E-state index in [1.807, 2.05) is 25.4 Å². The highest BCUT2D eigenvalue weighted by molar-refractivity contribution is 9.10. The summed E-state index contributed by atoms with van der Waals surface area (Å²) in [7, 11) is 1.92. The van der Waals surface area contributed by atoms with Gasteiger partial charge in [-0.25, -0.2) is 4.98 Å². The lowest BCUT2D eigenvalue weighted by Gasteiger charge is -2.03. The van der Waals surface area contributed by atoms with Crippen LogP contribution in [0.15, 0.2) is 40.0 Å². The van der Waals surface area contributed by atoms with Crippen LogP contribution in [-0.2, 0) is 0 Å². The van der Waals surface area contributed by atoms with Gasteiger partial charge in [-0.1, -0.05) is 12.2 Å². The van der Waals surface area contributed by atoms with Crippen LogP contribution in [0.4, 0.5) is 0 Å². The van der Waals surface area contributed by atoms with E-state index in [2.05, 4.69) is 32.8 Å². The van der Waals surface area contributed by atoms with E-state index in [0.29, 0.717) is 0 Å². The number of hydrogen-bond acceptors (Lipinski definition) is 3. The van der Waals surface area contributed by atoms with Gasteiger partial charge in [-0.2, -0.15) is 0 Å². The highest BCUT2D eigenvalue weighted by Crippen LogP contribution is 2.18. The predicted molar refractivity (Wildman–Crippen MR) is 65.7 cm³/mol. The maximum Gasteiger partial charge on any atom is 0.0963 e. The summed E-state index contributed by atoms with van der Waals surface area (Å²) in [6.07, 6.45) is 1.81. The van der Waals surface area contributed by atoms with Crippen LogP contribution in [0.3, 0.4) is 0 Å². The number of pyridine rings is 1. The average molecular weight is 273 g/mol. The molecule has 1 N–H and O–H groups in total. The van der Waals surface area contributed by atoms with Gasteiger partial charge in [0.25, 0.3) is 0 Å². The van der Waals surface area contributed by atoms with Gasteiger partial charge in [-0.3, -0.25) is 0 Å². The lowest BCUT2D eigenvalue weighted by molar-refractivity contribution is 0.885. The van der Waals surface area contributed by atoms with Gasteiger partial charge in [-0.05, 0) is 35.1 Å². The molecule has 0 atom stereocenters. The van der Waals surface area contributed by atoms with Gasteiger partial charge in [0.15, 0.2) is 0 Å². The Bertz CT molecular complexity index is 297. The highest BCUT2D eigenvalue weighted by Gasteiger charge is 1.97. The van der Waals surface area contributed by atoms with E-state index >= 15 is 0 Å². The number of aromatic nitrogens is 1. The first-order valence-electron chi connectivity index (χ1n) is 4.28. The topological polar surface area (TPSA) is 24.9 Å². The molecule has 0 amide bonds. The maximum atomic E-state index is 4.26. The van der Waals surface area contributed by atoms with E-state index in [1.165, 1.54) is 5.57 Å². The third-order valence-corrected chi connectivity index (χ3v) is 3.11. The number of rotatable bonds is 5. The fraction of sp³-hybridized carbons (Fsp3) is 0.300. The quantitative estimate of drug-likeness (QED) is 0.659. The molecule has 0 bridgehead atoms. The van der Waals surface area contributed by atoms with E-state index in [9.17, 15) is 0 Å². The van der Waals surface area contributed by atoms with Gasteiger partial charge in [0, 0.05) is 23.0 Å². The number of nitrogens with one attached hydrogen (secondary N) is 1. The molecule has 1 aromatic heterocycles. The molecule has 0 fully saturated rings. The molecule has 0 aliphatic heterocycles. The van der Waals surface area contributed by atoms with Gasteiger partial charge < -0.3 is 5.32 Å². The monoisotopic (exact) mass is 272 g/mol. The van der Waals surface area contributed by atoms with Crippen molar-refractivity contribution in [3.05, 3.63) is 35.0 Å². The Morgan fingerprint density at radius 2 is 2.43 bits per heavy atom. The van der Waals surface area contributed by atoms with Crippen LogP contribution in [0.25, 0.3) is 0 Å². The number of likely N-dealkylation sites (N-methyl/N-ethyl adjacent to an activating group) is 1. The van der Waals surface area contributed by atoms with Crippen molar-refractivity contribution < 1.29 is 0 Å². The molecule has 0 saturated carbocycles. The van der Waals surface area contributed by atoms with Crippen molar-refractivity contribution in [3.8, 4) is 0 Å². The van der Waals surface area contributed by atoms with Crippen LogP contribution in [0, 0.1) is 0 Å². The molecule has 0 aliphatic carbocycles. The Labute approximate surface area is 97.3 Å². The van der Waals surface area contributed by atoms with Gasteiger partial charge in [0.1, 0.15) is 0 Å². The Morgan fingerprint density at radius 1 is 1.64 bits per heavy atom. The van der Waals surface area contributed by atoms with Crippen LogP contribution in [0.1, 0.15) is 0 Å². The molecule has 76 valence electrons. The summed E-state index contributed by atoms with van der Waals surface area (Å²) in [5.41, 5.74) is 1.18. The summed E-state index contributed by atoms with van der Waals surface area (Å²) in [4.78, 5) is 4.26. The third-order valence-electron chi connectivity index (χ3n) is 1.55. The minimum Gasteiger partial charge on any atom is -0.316 e. The smallest absolute Gasteiger partial charge is 0.0963 e. The van der Waals surface area contributed by atoms with E-state index in [-0.39, 0.29) is 0 Å². The molecule has 0 unspecified atom stereocenters. The van der Waals surface area contributed by atoms with Crippen molar-refractivity contribution in [3.63, 3.8) is 0 Å². The molecule has 0 aliphatic rings. The van der Waals surface area contributed by atoms with Crippen molar-refractivity contribution in [2.24, 2.45) is 0 Å². The van der Waals surface area contributed by atoms with Gasteiger partial charge in [0.05, 0.1) is 5.03 Å². The maximum absolute atomic E-state index is 4.26. The van der Waals surface area contributed by atoms with Crippen LogP contribution in [0.2, 0.25) is 0 Å². The van der Waals surface area contributed by atoms with Crippen LogP contribution >= 0.6 is 27.7 Å². The van der Waals surface area contributed by atoms with Crippen LogP contribution in [-0.4, -0.2) is 24.3 Å². The lowest BCUT2D eigenvalue weighted by atomic mass is 10.3. The zero-order chi connectivity index (χ0) is 10.4. The average Bonchev–Trinajstić information content (AvgIpc) is 2.17. The van der Waals surface area contributed by atoms with E-state index in [4.69, 9.17) is 0 Å². The zero-order valence-electron chi connectivity index (χ0n) is 8.09. The summed E-state index contributed by atoms with van der Waals surface area (Å²) >= 11 is 5.06. The Hall–Kier alpha value is -0.320. The summed E-state index contributed by atoms with van der Waals surface area (Å²) in [5, 5.41) is 4.10. The normalized spacial score (nSPS) is 10.1. The molecule has 2 nitrogen and oxygen atoms in total. The molecule has 1 rings (SSSR count). The van der Waals surface area contributed by atoms with E-state index in [1.54, 1.807) is 11.8 Å². The van der Waals surface area contributed by atoms with E-state index in [0.717, 1.165) is 21.8 Å². The van der Waals surface area contributed by atoms with Crippen molar-refractivity contribution >= 4 is 27.7 Å². The van der Waals surface area contributed by atoms with Crippen LogP contribution < -0.4 is 5.32 Å². The number of thioether (sulfide) groups is 1. The lowest BCUT2D eigenvalue weighted by Crippen LogP contribution is -2.10. The van der Waals surface area contributed by atoms with Gasteiger partial charge in [-0.15, -0.1) is 11.8 Å². The zero-order valence-corrected chi connectivity index (χ0v) is 10.5. The molecule has 0 saturated heterocycles. The van der Waals surface area contributed by atoms with Gasteiger partial charge >= 0.3 is 0 Å². The second-order valence-corrected chi connectivity index (χ2v) is 4.79. The number of nitrogens with zero attached hydrogens (tertiary/aromatic N) is 1. The highest BCUT2D eigenvalue weighted by atomic mass is 79.9. The number of hydrogen-bond donors (Lipinski definition) is 1. The Balaban J connectivity index is 2.38. The summed E-state index contributed by atoms with van der Waals surface area (Å²) in [6.45, 7) is 4.82. The van der Waals surface area contributed by atoms with Crippen molar-refractivity contribution in [1.82, 2.24) is 10.3 Å². The molecule has 0 aromatic carbocycles. The SMILES string of the molecule is C=C(CNC)CSc1ccc(Br)cn1. The fourth-order valence-corrected chi connectivity index (χ4v) is 1.90. The molecule has 1 heterocycles. The molecular formula is C10H13BrN2S. The molecule has 1 aromatic rings.